The van der Waals surface area contributed by atoms with E-state index in [1.165, 1.54) is 0 Å². The van der Waals surface area contributed by atoms with Gasteiger partial charge < -0.3 is 18.9 Å². The molecule has 6 nitrogen and oxygen atoms in total. The Morgan fingerprint density at radius 3 is 1.55 bits per heavy atom. The molecule has 6 heteroatoms. The van der Waals surface area contributed by atoms with Crippen molar-refractivity contribution < 1.29 is 28.5 Å². The number of hydrogen-bond donors (Lipinski definition) is 0. The van der Waals surface area contributed by atoms with Crippen LogP contribution in [-0.4, -0.2) is 31.8 Å². The third-order valence-corrected chi connectivity index (χ3v) is 5.82. The second-order valence-electron chi connectivity index (χ2n) is 9.29. The van der Waals surface area contributed by atoms with E-state index in [4.69, 9.17) is 18.9 Å². The molecule has 0 spiro atoms. The average molecular weight is 541 g/mol. The van der Waals surface area contributed by atoms with Gasteiger partial charge in [-0.1, -0.05) is 61.7 Å². The minimum Gasteiger partial charge on any atom is -0.494 e. The van der Waals surface area contributed by atoms with Gasteiger partial charge in [0, 0.05) is 17.6 Å². The first kappa shape index (κ1) is 30.0. The fourth-order valence-corrected chi connectivity index (χ4v) is 3.54. The second-order valence-corrected chi connectivity index (χ2v) is 9.29. The highest BCUT2D eigenvalue weighted by molar-refractivity contribution is 5.87. The van der Waals surface area contributed by atoms with Gasteiger partial charge in [0.25, 0.3) is 0 Å². The van der Waals surface area contributed by atoms with Crippen LogP contribution in [0, 0.1) is 0 Å². The van der Waals surface area contributed by atoms with Gasteiger partial charge in [0.2, 0.25) is 0 Å². The lowest BCUT2D eigenvalue weighted by Crippen LogP contribution is -2.07. The molecule has 0 aliphatic rings. The number of esters is 2. The number of unbranched alkanes of at least 4 members (excludes halogenated alkanes) is 1. The van der Waals surface area contributed by atoms with Crippen LogP contribution in [0.5, 0.6) is 11.5 Å². The third-order valence-electron chi connectivity index (χ3n) is 5.82. The zero-order chi connectivity index (χ0) is 28.7. The van der Waals surface area contributed by atoms with Crippen molar-refractivity contribution in [1.82, 2.24) is 0 Å². The van der Waals surface area contributed by atoms with E-state index in [9.17, 15) is 9.59 Å². The van der Waals surface area contributed by atoms with E-state index < -0.39 is 0 Å². The monoisotopic (exact) mass is 540 g/mol. The van der Waals surface area contributed by atoms with Crippen LogP contribution in [0.4, 0.5) is 0 Å². The van der Waals surface area contributed by atoms with Gasteiger partial charge in [-0.05, 0) is 79.3 Å². The molecule has 208 valence electrons. The maximum atomic E-state index is 11.4. The minimum atomic E-state index is -0.383. The molecule has 0 saturated carbocycles. The molecule has 0 unspecified atom stereocenters. The molecule has 3 aromatic rings. The van der Waals surface area contributed by atoms with Crippen molar-refractivity contribution in [1.29, 1.82) is 0 Å². The van der Waals surface area contributed by atoms with Gasteiger partial charge in [-0.2, -0.15) is 0 Å². The van der Waals surface area contributed by atoms with Crippen molar-refractivity contribution in [3.8, 4) is 33.8 Å². The molecule has 0 radical (unpaired) electrons. The van der Waals surface area contributed by atoms with E-state index in [1.807, 2.05) is 54.6 Å². The van der Waals surface area contributed by atoms with Crippen LogP contribution < -0.4 is 9.47 Å². The maximum absolute atomic E-state index is 11.4. The molecule has 0 fully saturated rings. The largest absolute Gasteiger partial charge is 0.494 e. The molecule has 0 atom stereocenters. The van der Waals surface area contributed by atoms with E-state index in [1.54, 1.807) is 20.1 Å². The number of hydrogen-bond acceptors (Lipinski definition) is 6. The summed E-state index contributed by atoms with van der Waals surface area (Å²) in [5.41, 5.74) is 5.23. The highest BCUT2D eigenvalue weighted by Gasteiger charge is 2.04. The Hall–Kier alpha value is -4.58. The predicted molar refractivity (Wildman–Crippen MR) is 158 cm³/mol. The number of carbonyl (C=O) groups excluding carboxylic acids is 2. The van der Waals surface area contributed by atoms with Crippen LogP contribution in [0.1, 0.15) is 33.1 Å². The maximum Gasteiger partial charge on any atom is 0.333 e. The van der Waals surface area contributed by atoms with E-state index >= 15 is 0 Å². The van der Waals surface area contributed by atoms with E-state index in [2.05, 4.69) is 37.4 Å². The average Bonchev–Trinajstić information content (AvgIpc) is 2.97. The SMILES string of the molecule is C=C(C)C(=O)OCCC=COc1ccc(-c2ccc(-c3ccc(OCCCCOC(=O)C(=C)C)cc3)cc2)cc1. The zero-order valence-corrected chi connectivity index (χ0v) is 23.2. The van der Waals surface area contributed by atoms with Gasteiger partial charge in [-0.3, -0.25) is 0 Å². The molecule has 0 N–H and O–H groups in total. The zero-order valence-electron chi connectivity index (χ0n) is 23.2. The van der Waals surface area contributed by atoms with Gasteiger partial charge in [0.15, 0.2) is 0 Å². The van der Waals surface area contributed by atoms with Crippen molar-refractivity contribution in [3.63, 3.8) is 0 Å². The van der Waals surface area contributed by atoms with Crippen molar-refractivity contribution in [2.75, 3.05) is 19.8 Å². The van der Waals surface area contributed by atoms with Crippen LogP contribution >= 0.6 is 0 Å². The summed E-state index contributed by atoms with van der Waals surface area (Å²) in [5.74, 6) is 0.799. The summed E-state index contributed by atoms with van der Waals surface area (Å²) in [4.78, 5) is 22.7. The molecule has 40 heavy (non-hydrogen) atoms. The molecule has 0 aliphatic heterocycles. The molecule has 0 saturated heterocycles. The van der Waals surface area contributed by atoms with Crippen molar-refractivity contribution in [2.24, 2.45) is 0 Å². The summed E-state index contributed by atoms with van der Waals surface area (Å²) in [6.45, 7) is 11.6. The highest BCUT2D eigenvalue weighted by atomic mass is 16.5. The molecule has 0 amide bonds. The van der Waals surface area contributed by atoms with Crippen molar-refractivity contribution in [2.45, 2.75) is 33.1 Å². The van der Waals surface area contributed by atoms with Crippen LogP contribution in [0.3, 0.4) is 0 Å². The van der Waals surface area contributed by atoms with Crippen LogP contribution in [0.15, 0.2) is 109 Å². The predicted octanol–water partition coefficient (Wildman–Crippen LogP) is 7.70. The first-order chi connectivity index (χ1) is 19.3. The summed E-state index contributed by atoms with van der Waals surface area (Å²) in [7, 11) is 0. The molecule has 0 heterocycles. The van der Waals surface area contributed by atoms with Crippen LogP contribution in [0.25, 0.3) is 22.3 Å². The smallest absolute Gasteiger partial charge is 0.333 e. The van der Waals surface area contributed by atoms with Gasteiger partial charge in [0.05, 0.1) is 26.1 Å². The van der Waals surface area contributed by atoms with E-state index in [0.717, 1.165) is 46.6 Å². The van der Waals surface area contributed by atoms with E-state index in [0.29, 0.717) is 30.8 Å². The Morgan fingerprint density at radius 1 is 0.625 bits per heavy atom. The lowest BCUT2D eigenvalue weighted by molar-refractivity contribution is -0.139. The lowest BCUT2D eigenvalue weighted by Gasteiger charge is -2.09. The first-order valence-electron chi connectivity index (χ1n) is 13.2. The third kappa shape index (κ3) is 9.95. The Labute approximate surface area is 236 Å². The Balaban J connectivity index is 1.42. The molecular formula is C34H36O6. The topological polar surface area (TPSA) is 71.1 Å². The van der Waals surface area contributed by atoms with Crippen molar-refractivity contribution >= 4 is 11.9 Å². The molecule has 0 bridgehead atoms. The normalized spacial score (nSPS) is 10.7. The van der Waals surface area contributed by atoms with Gasteiger partial charge >= 0.3 is 11.9 Å². The standard InChI is InChI=1S/C34H36O6/c1-25(2)33(35)39-23-7-5-21-37-31-17-13-29(14-18-31)27-9-11-28(12-10-27)30-15-19-32(20-16-30)38-22-6-8-24-40-34(36)26(3)4/h5,9-21H,1,3,6-8,22-24H2,2,4H3. The van der Waals surface area contributed by atoms with Crippen LogP contribution in [-0.2, 0) is 19.1 Å². The van der Waals surface area contributed by atoms with Gasteiger partial charge in [-0.25, -0.2) is 9.59 Å². The summed E-state index contributed by atoms with van der Waals surface area (Å²) < 4.78 is 21.5. The fraction of sp³-hybridized carbons (Fsp3) is 0.235. The van der Waals surface area contributed by atoms with Crippen LogP contribution in [0.2, 0.25) is 0 Å². The number of carbonyl (C=O) groups is 2. The summed E-state index contributed by atoms with van der Waals surface area (Å²) >= 11 is 0. The number of rotatable bonds is 15. The first-order valence-corrected chi connectivity index (χ1v) is 13.2. The fourth-order valence-electron chi connectivity index (χ4n) is 3.54. The molecule has 3 rings (SSSR count). The molecular weight excluding hydrogens is 504 g/mol. The summed E-state index contributed by atoms with van der Waals surface area (Å²) in [5, 5.41) is 0. The summed E-state index contributed by atoms with van der Waals surface area (Å²) in [6.07, 6.45) is 5.51. The second kappa shape index (κ2) is 15.7. The molecule has 0 aliphatic carbocycles. The summed E-state index contributed by atoms with van der Waals surface area (Å²) in [6, 6.07) is 24.3. The quantitative estimate of drug-likeness (QED) is 0.0851. The Kier molecular flexibility index (Phi) is 11.8. The molecule has 3 aromatic carbocycles. The Bertz CT molecular complexity index is 1300. The molecule has 0 aromatic heterocycles. The van der Waals surface area contributed by atoms with Gasteiger partial charge in [-0.15, -0.1) is 0 Å². The lowest BCUT2D eigenvalue weighted by atomic mass is 10.0. The highest BCUT2D eigenvalue weighted by Crippen LogP contribution is 2.27. The minimum absolute atomic E-state index is 0.288. The Morgan fingerprint density at radius 2 is 1.05 bits per heavy atom. The van der Waals surface area contributed by atoms with E-state index in [-0.39, 0.29) is 18.5 Å². The van der Waals surface area contributed by atoms with Crippen molar-refractivity contribution in [3.05, 3.63) is 109 Å². The number of ether oxygens (including phenoxy) is 4. The number of benzene rings is 3. The van der Waals surface area contributed by atoms with Gasteiger partial charge in [0.1, 0.15) is 11.5 Å².